The van der Waals surface area contributed by atoms with Crippen LogP contribution in [0.25, 0.3) is 0 Å². The van der Waals surface area contributed by atoms with Gasteiger partial charge in [-0.3, -0.25) is 0 Å². The van der Waals surface area contributed by atoms with Gasteiger partial charge >= 0.3 is 6.18 Å². The highest BCUT2D eigenvalue weighted by Crippen LogP contribution is 2.40. The van der Waals surface area contributed by atoms with Crippen molar-refractivity contribution in [2.24, 2.45) is 0 Å². The molecule has 1 heterocycles. The molecule has 0 unspecified atom stereocenters. The average Bonchev–Trinajstić information content (AvgIpc) is 2.00. The van der Waals surface area contributed by atoms with Gasteiger partial charge in [0, 0.05) is 9.77 Å². The molecular weight excluding hydrogens is 336 g/mol. The Morgan fingerprint density at radius 3 is 2.27 bits per heavy atom. The molecule has 0 aliphatic heterocycles. The van der Waals surface area contributed by atoms with Gasteiger partial charge in [0.25, 0.3) is 6.43 Å². The van der Waals surface area contributed by atoms with Gasteiger partial charge in [-0.15, -0.1) is 0 Å². The van der Waals surface area contributed by atoms with Crippen LogP contribution in [0.15, 0.2) is 6.20 Å². The second-order valence-corrected chi connectivity index (χ2v) is 3.68. The molecule has 0 saturated carbocycles. The minimum Gasteiger partial charge on any atom is -0.505 e. The number of aromatic hydroxyl groups is 1. The van der Waals surface area contributed by atoms with Gasteiger partial charge in [0.2, 0.25) is 0 Å². The molecule has 0 aliphatic carbocycles. The Labute approximate surface area is 94.3 Å². The molecule has 0 saturated heterocycles. The highest BCUT2D eigenvalue weighted by molar-refractivity contribution is 14.1. The topological polar surface area (TPSA) is 33.1 Å². The van der Waals surface area contributed by atoms with Crippen molar-refractivity contribution < 1.29 is 27.1 Å². The molecule has 1 N–H and O–H groups in total. The van der Waals surface area contributed by atoms with Gasteiger partial charge < -0.3 is 5.11 Å². The second kappa shape index (κ2) is 4.06. The van der Waals surface area contributed by atoms with E-state index in [1.807, 2.05) is 0 Å². The lowest BCUT2D eigenvalue weighted by molar-refractivity contribution is -0.142. The molecule has 0 bridgehead atoms. The van der Waals surface area contributed by atoms with Gasteiger partial charge in [0.05, 0.1) is 5.56 Å². The van der Waals surface area contributed by atoms with Crippen molar-refractivity contribution in [3.8, 4) is 5.75 Å². The van der Waals surface area contributed by atoms with Crippen molar-refractivity contribution in [2.45, 2.75) is 12.6 Å². The maximum atomic E-state index is 12.3. The molecule has 8 heteroatoms. The SMILES string of the molecule is Oc1c(C(F)(F)F)ncc(I)c1C(F)F. The fraction of sp³-hybridized carbons (Fsp3) is 0.286. The van der Waals surface area contributed by atoms with Crippen LogP contribution in [-0.4, -0.2) is 10.1 Å². The first-order valence-electron chi connectivity index (χ1n) is 3.48. The fourth-order valence-corrected chi connectivity index (χ4v) is 1.54. The standard InChI is InChI=1S/C7H3F5INO/c8-6(9)3-2(13)1-14-5(4(3)15)7(10,11)12/h1,6,15H. The van der Waals surface area contributed by atoms with Crippen LogP contribution in [0.4, 0.5) is 22.0 Å². The molecule has 1 aromatic heterocycles. The summed E-state index contributed by atoms with van der Waals surface area (Å²) in [5.74, 6) is -1.51. The quantitative estimate of drug-likeness (QED) is 0.629. The van der Waals surface area contributed by atoms with E-state index in [4.69, 9.17) is 5.11 Å². The summed E-state index contributed by atoms with van der Waals surface area (Å²) in [7, 11) is 0. The summed E-state index contributed by atoms with van der Waals surface area (Å²) in [4.78, 5) is 2.88. The Morgan fingerprint density at radius 1 is 1.33 bits per heavy atom. The van der Waals surface area contributed by atoms with Crippen molar-refractivity contribution in [3.05, 3.63) is 21.0 Å². The van der Waals surface area contributed by atoms with E-state index in [0.29, 0.717) is 6.20 Å². The number of rotatable bonds is 1. The summed E-state index contributed by atoms with van der Waals surface area (Å²) in [6.07, 6.45) is -7.48. The van der Waals surface area contributed by atoms with Crippen molar-refractivity contribution in [2.75, 3.05) is 0 Å². The molecule has 0 spiro atoms. The van der Waals surface area contributed by atoms with E-state index in [-0.39, 0.29) is 3.57 Å². The summed E-state index contributed by atoms with van der Waals surface area (Å²) in [5.41, 5.74) is -2.74. The van der Waals surface area contributed by atoms with Crippen LogP contribution >= 0.6 is 22.6 Å². The first-order valence-corrected chi connectivity index (χ1v) is 4.55. The van der Waals surface area contributed by atoms with Crippen LogP contribution in [0.5, 0.6) is 5.75 Å². The van der Waals surface area contributed by atoms with Crippen LogP contribution < -0.4 is 0 Å². The van der Waals surface area contributed by atoms with E-state index < -0.39 is 29.6 Å². The third-order valence-corrected chi connectivity index (χ3v) is 2.39. The predicted octanol–water partition coefficient (Wildman–Crippen LogP) is 3.35. The molecule has 0 fully saturated rings. The number of alkyl halides is 5. The first-order chi connectivity index (χ1) is 6.75. The zero-order chi connectivity index (χ0) is 11.8. The molecule has 2 nitrogen and oxygen atoms in total. The highest BCUT2D eigenvalue weighted by Gasteiger charge is 2.38. The van der Waals surface area contributed by atoms with Crippen LogP contribution in [0.1, 0.15) is 17.7 Å². The smallest absolute Gasteiger partial charge is 0.437 e. The lowest BCUT2D eigenvalue weighted by Gasteiger charge is -2.12. The Morgan fingerprint density at radius 2 is 1.87 bits per heavy atom. The molecule has 0 amide bonds. The minimum absolute atomic E-state index is 0.215. The lowest BCUT2D eigenvalue weighted by Crippen LogP contribution is -2.10. The Balaban J connectivity index is 3.42. The van der Waals surface area contributed by atoms with Crippen LogP contribution in [0.3, 0.4) is 0 Å². The monoisotopic (exact) mass is 339 g/mol. The summed E-state index contributed by atoms with van der Waals surface area (Å²) in [6.45, 7) is 0. The average molecular weight is 339 g/mol. The Kier molecular flexibility index (Phi) is 3.36. The van der Waals surface area contributed by atoms with E-state index in [2.05, 4.69) is 4.98 Å². The second-order valence-electron chi connectivity index (χ2n) is 2.52. The van der Waals surface area contributed by atoms with Crippen LogP contribution in [0.2, 0.25) is 0 Å². The minimum atomic E-state index is -4.95. The van der Waals surface area contributed by atoms with E-state index in [0.717, 1.165) is 0 Å². The molecule has 0 aromatic carbocycles. The van der Waals surface area contributed by atoms with Gasteiger partial charge in [0.1, 0.15) is 0 Å². The van der Waals surface area contributed by atoms with Gasteiger partial charge in [0.15, 0.2) is 11.4 Å². The van der Waals surface area contributed by atoms with E-state index in [9.17, 15) is 22.0 Å². The normalized spacial score (nSPS) is 12.2. The molecular formula is C7H3F5INO. The first kappa shape index (κ1) is 12.4. The third-order valence-electron chi connectivity index (χ3n) is 1.53. The summed E-state index contributed by atoms with van der Waals surface area (Å²) in [5, 5.41) is 9.01. The molecule has 1 rings (SSSR count). The largest absolute Gasteiger partial charge is 0.505 e. The van der Waals surface area contributed by atoms with Crippen molar-refractivity contribution in [3.63, 3.8) is 0 Å². The maximum Gasteiger partial charge on any atom is 0.437 e. The van der Waals surface area contributed by atoms with Crippen LogP contribution in [-0.2, 0) is 6.18 Å². The van der Waals surface area contributed by atoms with Crippen molar-refractivity contribution >= 4 is 22.6 Å². The number of aromatic nitrogens is 1. The van der Waals surface area contributed by atoms with E-state index >= 15 is 0 Å². The van der Waals surface area contributed by atoms with Crippen LogP contribution in [0, 0.1) is 3.57 Å². The maximum absolute atomic E-state index is 12.3. The van der Waals surface area contributed by atoms with Gasteiger partial charge in [-0.1, -0.05) is 0 Å². The van der Waals surface area contributed by atoms with Gasteiger partial charge in [-0.25, -0.2) is 13.8 Å². The van der Waals surface area contributed by atoms with Crippen molar-refractivity contribution in [1.29, 1.82) is 0 Å². The van der Waals surface area contributed by atoms with E-state index in [1.54, 1.807) is 0 Å². The van der Waals surface area contributed by atoms with Crippen molar-refractivity contribution in [1.82, 2.24) is 4.98 Å². The zero-order valence-electron chi connectivity index (χ0n) is 6.82. The number of hydrogen-bond donors (Lipinski definition) is 1. The summed E-state index contributed by atoms with van der Waals surface area (Å²) >= 11 is 1.38. The Bertz CT molecular complexity index is 378. The summed E-state index contributed by atoms with van der Waals surface area (Å²) < 4.78 is 60.8. The predicted molar refractivity (Wildman–Crippen MR) is 48.6 cm³/mol. The molecule has 0 radical (unpaired) electrons. The highest BCUT2D eigenvalue weighted by atomic mass is 127. The molecule has 0 atom stereocenters. The van der Waals surface area contributed by atoms with E-state index in [1.165, 1.54) is 22.6 Å². The number of hydrogen-bond acceptors (Lipinski definition) is 2. The number of pyridine rings is 1. The molecule has 0 aliphatic rings. The molecule has 15 heavy (non-hydrogen) atoms. The summed E-state index contributed by atoms with van der Waals surface area (Å²) in [6, 6.07) is 0. The number of halogens is 6. The zero-order valence-corrected chi connectivity index (χ0v) is 8.97. The lowest BCUT2D eigenvalue weighted by atomic mass is 10.2. The van der Waals surface area contributed by atoms with Gasteiger partial charge in [-0.05, 0) is 22.6 Å². The number of nitrogens with zero attached hydrogens (tertiary/aromatic N) is 1. The molecule has 1 aromatic rings. The van der Waals surface area contributed by atoms with Gasteiger partial charge in [-0.2, -0.15) is 13.2 Å². The molecule has 84 valence electrons. The Hall–Kier alpha value is -0.670. The fourth-order valence-electron chi connectivity index (χ4n) is 0.908. The third kappa shape index (κ3) is 2.47.